The Bertz CT molecular complexity index is 2530. The van der Waals surface area contributed by atoms with Gasteiger partial charge in [-0.1, -0.05) is 0 Å². The number of ether oxygens (including phenoxy) is 5. The Hall–Kier alpha value is -7.32. The molecule has 0 radical (unpaired) electrons. The van der Waals surface area contributed by atoms with Crippen molar-refractivity contribution in [3.05, 3.63) is 107 Å². The van der Waals surface area contributed by atoms with Crippen LogP contribution in [0.2, 0.25) is 0 Å². The largest absolute Gasteiger partial charge is 0.491 e. The van der Waals surface area contributed by atoms with Crippen LogP contribution in [0.5, 0.6) is 23.0 Å². The third-order valence-corrected chi connectivity index (χ3v) is 8.45. The molecule has 0 atom stereocenters. The average molecular weight is 887 g/mol. The fourth-order valence-electron chi connectivity index (χ4n) is 4.77. The SMILES string of the molecule is NC(N)=Nc1ccc(C(=O)Oc2cc(OCCOCCOc3cc(OC(=O)c4ccc(N=C(N)N)cc4)cc(C(=O)NS(=O)(=O)O)c3)cc(C(=O)NCCS(=O)(=O)O)c2)cc1. The number of carbonyl (C=O) groups is 4. The molecule has 0 unspecified atom stereocenters. The van der Waals surface area contributed by atoms with Crippen molar-refractivity contribution >= 4 is 67.5 Å². The van der Waals surface area contributed by atoms with Crippen LogP contribution < -0.4 is 51.9 Å². The van der Waals surface area contributed by atoms with Crippen molar-refractivity contribution in [2.45, 2.75) is 0 Å². The summed E-state index contributed by atoms with van der Waals surface area (Å²) in [7, 11) is -9.32. The molecule has 0 spiro atoms. The van der Waals surface area contributed by atoms with Gasteiger partial charge < -0.3 is 51.9 Å². The van der Waals surface area contributed by atoms with Crippen LogP contribution in [0.4, 0.5) is 11.4 Å². The van der Waals surface area contributed by atoms with Gasteiger partial charge in [-0.2, -0.15) is 16.8 Å². The van der Waals surface area contributed by atoms with Gasteiger partial charge in [0.15, 0.2) is 11.9 Å². The minimum absolute atomic E-state index is 0.0416. The summed E-state index contributed by atoms with van der Waals surface area (Å²) < 4.78 is 91.9. The van der Waals surface area contributed by atoms with E-state index >= 15 is 0 Å². The van der Waals surface area contributed by atoms with Gasteiger partial charge in [-0.15, -0.1) is 0 Å². The molecule has 0 saturated carbocycles. The van der Waals surface area contributed by atoms with E-state index < -0.39 is 56.5 Å². The zero-order valence-electron chi connectivity index (χ0n) is 31.5. The van der Waals surface area contributed by atoms with E-state index in [1.807, 2.05) is 0 Å². The van der Waals surface area contributed by atoms with E-state index in [1.165, 1.54) is 77.5 Å². The predicted octanol–water partition coefficient (Wildman–Crippen LogP) is 0.559. The summed E-state index contributed by atoms with van der Waals surface area (Å²) in [6.45, 7) is -0.848. The summed E-state index contributed by atoms with van der Waals surface area (Å²) in [6.07, 6.45) is 0. The lowest BCUT2D eigenvalue weighted by atomic mass is 10.1. The molecule has 0 saturated heterocycles. The third-order valence-electron chi connectivity index (χ3n) is 7.29. The molecule has 23 nitrogen and oxygen atoms in total. The standard InChI is InChI=1S/C36H38N8O15S2/c37-35(38)42-25-5-1-21(2-6-25)33(47)58-29-17-23(31(45)41-9-14-60(49,50)51)15-27(19-29)56-12-10-55-11-13-57-28-16-24(32(46)44-61(52,53)54)18-30(20-28)59-34(48)22-3-7-26(8-4-22)43-36(39)40/h1-8,15-20H,9-14H2,(H,41,45)(H,44,46)(H4,37,38,42)(H4,39,40,43)(H,49,50,51)(H,52,53,54). The Morgan fingerprint density at radius 1 is 0.557 bits per heavy atom. The molecule has 12 N–H and O–H groups in total. The maximum Gasteiger partial charge on any atom is 0.359 e. The number of nitrogens with two attached hydrogens (primary N) is 4. The number of rotatable bonds is 20. The van der Waals surface area contributed by atoms with E-state index in [9.17, 15) is 36.0 Å². The number of hydrogen-bond donors (Lipinski definition) is 8. The first-order chi connectivity index (χ1) is 28.7. The van der Waals surface area contributed by atoms with Gasteiger partial charge >= 0.3 is 22.2 Å². The van der Waals surface area contributed by atoms with Crippen LogP contribution in [-0.2, 0) is 25.2 Å². The molecular formula is C36H38N8O15S2. The van der Waals surface area contributed by atoms with Crippen molar-refractivity contribution in [2.75, 3.05) is 38.7 Å². The zero-order valence-corrected chi connectivity index (χ0v) is 33.2. The van der Waals surface area contributed by atoms with Gasteiger partial charge in [0.2, 0.25) is 0 Å². The quantitative estimate of drug-likeness (QED) is 0.0150. The molecule has 61 heavy (non-hydrogen) atoms. The molecule has 0 fully saturated rings. The molecule has 0 aliphatic heterocycles. The first-order valence-corrected chi connectivity index (χ1v) is 20.3. The Morgan fingerprint density at radius 3 is 1.36 bits per heavy atom. The second kappa shape index (κ2) is 21.1. The first kappa shape index (κ1) is 46.4. The highest BCUT2D eigenvalue weighted by atomic mass is 32.2. The summed E-state index contributed by atoms with van der Waals surface area (Å²) in [5, 5.41) is 2.33. The Morgan fingerprint density at radius 2 is 0.967 bits per heavy atom. The monoisotopic (exact) mass is 886 g/mol. The van der Waals surface area contributed by atoms with Crippen molar-refractivity contribution < 1.29 is 68.8 Å². The van der Waals surface area contributed by atoms with E-state index in [4.69, 9.17) is 55.7 Å². The van der Waals surface area contributed by atoms with Crippen molar-refractivity contribution in [1.82, 2.24) is 10.0 Å². The second-order valence-corrected chi connectivity index (χ2v) is 14.8. The molecule has 324 valence electrons. The number of esters is 2. The van der Waals surface area contributed by atoms with Crippen LogP contribution in [0.3, 0.4) is 0 Å². The van der Waals surface area contributed by atoms with Crippen LogP contribution in [0.25, 0.3) is 0 Å². The van der Waals surface area contributed by atoms with Gasteiger partial charge in [0, 0.05) is 29.8 Å². The fraction of sp³-hybridized carbons (Fsp3) is 0.167. The lowest BCUT2D eigenvalue weighted by Crippen LogP contribution is -2.29. The summed E-state index contributed by atoms with van der Waals surface area (Å²) in [4.78, 5) is 58.8. The first-order valence-electron chi connectivity index (χ1n) is 17.2. The molecule has 4 rings (SSSR count). The molecule has 0 aliphatic rings. The number of amides is 2. The highest BCUT2D eigenvalue weighted by molar-refractivity contribution is 7.85. The van der Waals surface area contributed by atoms with Gasteiger partial charge in [0.1, 0.15) is 36.2 Å². The fourth-order valence-corrected chi connectivity index (χ4v) is 5.49. The molecule has 25 heteroatoms. The molecule has 2 amide bonds. The van der Waals surface area contributed by atoms with Crippen molar-refractivity contribution in [3.63, 3.8) is 0 Å². The summed E-state index contributed by atoms with van der Waals surface area (Å²) in [5.74, 6) is -5.26. The summed E-state index contributed by atoms with van der Waals surface area (Å²) in [5.41, 5.74) is 21.9. The van der Waals surface area contributed by atoms with Gasteiger partial charge in [0.25, 0.3) is 21.9 Å². The van der Waals surface area contributed by atoms with Gasteiger partial charge in [-0.05, 0) is 72.8 Å². The second-order valence-electron chi connectivity index (χ2n) is 12.1. The number of nitrogens with one attached hydrogen (secondary N) is 2. The molecular weight excluding hydrogens is 849 g/mol. The van der Waals surface area contributed by atoms with E-state index in [0.717, 1.165) is 12.1 Å². The lowest BCUT2D eigenvalue weighted by molar-refractivity contribution is 0.0724. The zero-order chi connectivity index (χ0) is 44.7. The summed E-state index contributed by atoms with van der Waals surface area (Å²) in [6, 6.07) is 18.5. The highest BCUT2D eigenvalue weighted by Gasteiger charge is 2.19. The number of nitrogens with zero attached hydrogens (tertiary/aromatic N) is 2. The van der Waals surface area contributed by atoms with Gasteiger partial charge in [-0.25, -0.2) is 24.3 Å². The molecule has 0 bridgehead atoms. The maximum absolute atomic E-state index is 12.9. The minimum atomic E-state index is -4.95. The lowest BCUT2D eigenvalue weighted by Gasteiger charge is -2.13. The van der Waals surface area contributed by atoms with Gasteiger partial charge in [0.05, 0.1) is 41.5 Å². The third kappa shape index (κ3) is 16.5. The Balaban J connectivity index is 1.39. The van der Waals surface area contributed by atoms with Crippen LogP contribution in [0.15, 0.2) is 94.9 Å². The smallest absolute Gasteiger partial charge is 0.359 e. The van der Waals surface area contributed by atoms with E-state index in [2.05, 4.69) is 15.3 Å². The normalized spacial score (nSPS) is 11.0. The number of aliphatic imine (C=N–C) groups is 2. The highest BCUT2D eigenvalue weighted by Crippen LogP contribution is 2.26. The minimum Gasteiger partial charge on any atom is -0.491 e. The van der Waals surface area contributed by atoms with Crippen molar-refractivity contribution in [1.29, 1.82) is 0 Å². The number of carbonyl (C=O) groups excluding carboxylic acids is 4. The number of guanidine groups is 2. The van der Waals surface area contributed by atoms with Crippen LogP contribution in [0, 0.1) is 0 Å². The molecule has 4 aromatic carbocycles. The van der Waals surface area contributed by atoms with E-state index in [-0.39, 0.29) is 83.6 Å². The number of hydrogen-bond acceptors (Lipinski definition) is 15. The van der Waals surface area contributed by atoms with E-state index in [0.29, 0.717) is 11.4 Å². The number of benzene rings is 4. The molecule has 0 heterocycles. The maximum atomic E-state index is 12.9. The Labute approximate surface area is 347 Å². The van der Waals surface area contributed by atoms with Crippen LogP contribution in [-0.4, -0.2) is 100 Å². The summed E-state index contributed by atoms with van der Waals surface area (Å²) >= 11 is 0. The average Bonchev–Trinajstić information content (AvgIpc) is 3.16. The molecule has 0 aliphatic carbocycles. The molecule has 0 aromatic heterocycles. The van der Waals surface area contributed by atoms with E-state index in [1.54, 1.807) is 0 Å². The topological polar surface area (TPSA) is 376 Å². The van der Waals surface area contributed by atoms with Crippen LogP contribution in [0.1, 0.15) is 41.4 Å². The van der Waals surface area contributed by atoms with Crippen molar-refractivity contribution in [3.8, 4) is 23.0 Å². The van der Waals surface area contributed by atoms with Crippen molar-refractivity contribution in [2.24, 2.45) is 32.9 Å². The molecule has 4 aromatic rings. The van der Waals surface area contributed by atoms with Gasteiger partial charge in [-0.3, -0.25) is 18.7 Å². The predicted molar refractivity (Wildman–Crippen MR) is 216 cm³/mol. The van der Waals surface area contributed by atoms with Crippen LogP contribution >= 0.6 is 0 Å². The Kier molecular flexibility index (Phi) is 16.0.